The van der Waals surface area contributed by atoms with Crippen LogP contribution < -0.4 is 10.2 Å². The molecule has 0 aromatic carbocycles. The maximum absolute atomic E-state index is 4.42. The maximum atomic E-state index is 4.42. The Labute approximate surface area is 97.1 Å². The zero-order valence-electron chi connectivity index (χ0n) is 10.1. The van der Waals surface area contributed by atoms with E-state index in [2.05, 4.69) is 27.2 Å². The van der Waals surface area contributed by atoms with Gasteiger partial charge in [0.15, 0.2) is 0 Å². The number of nitrogens with zero attached hydrogens (tertiary/aromatic N) is 3. The van der Waals surface area contributed by atoms with Crippen LogP contribution >= 0.6 is 0 Å². The predicted octanol–water partition coefficient (Wildman–Crippen LogP) is 1.22. The second kappa shape index (κ2) is 5.25. The second-order valence-electron chi connectivity index (χ2n) is 4.57. The van der Waals surface area contributed by atoms with Gasteiger partial charge in [-0.15, -0.1) is 0 Å². The van der Waals surface area contributed by atoms with Crippen LogP contribution in [0.4, 0.5) is 5.95 Å². The van der Waals surface area contributed by atoms with E-state index in [1.54, 1.807) is 0 Å². The average molecular weight is 220 g/mol. The lowest BCUT2D eigenvalue weighted by Crippen LogP contribution is -2.23. The van der Waals surface area contributed by atoms with Gasteiger partial charge in [0.25, 0.3) is 0 Å². The third-order valence-electron chi connectivity index (χ3n) is 3.16. The first-order valence-electron chi connectivity index (χ1n) is 5.97. The number of aryl methyl sites for hydroxylation is 1. The van der Waals surface area contributed by atoms with Crippen LogP contribution in [0.1, 0.15) is 18.5 Å². The molecule has 88 valence electrons. The van der Waals surface area contributed by atoms with Gasteiger partial charge in [0.05, 0.1) is 0 Å². The second-order valence-corrected chi connectivity index (χ2v) is 4.57. The van der Waals surface area contributed by atoms with Gasteiger partial charge in [-0.25, -0.2) is 9.97 Å². The van der Waals surface area contributed by atoms with Crippen molar-refractivity contribution in [3.63, 3.8) is 0 Å². The minimum atomic E-state index is 0.826. The molecule has 0 bridgehead atoms. The predicted molar refractivity (Wildman–Crippen MR) is 65.6 cm³/mol. The van der Waals surface area contributed by atoms with Crippen molar-refractivity contribution in [2.75, 3.05) is 31.6 Å². The van der Waals surface area contributed by atoms with Crippen molar-refractivity contribution in [3.05, 3.63) is 18.0 Å². The van der Waals surface area contributed by atoms with E-state index in [1.807, 2.05) is 19.2 Å². The van der Waals surface area contributed by atoms with Crippen LogP contribution in [0.5, 0.6) is 0 Å². The molecule has 1 aromatic heterocycles. The summed E-state index contributed by atoms with van der Waals surface area (Å²) in [6.07, 6.45) is 4.36. The van der Waals surface area contributed by atoms with Gasteiger partial charge in [0.1, 0.15) is 0 Å². The summed E-state index contributed by atoms with van der Waals surface area (Å²) in [6.45, 7) is 5.38. The van der Waals surface area contributed by atoms with Crippen molar-refractivity contribution in [3.8, 4) is 0 Å². The van der Waals surface area contributed by atoms with Gasteiger partial charge < -0.3 is 10.2 Å². The molecule has 0 spiro atoms. The molecule has 0 aliphatic carbocycles. The molecule has 1 atom stereocenters. The van der Waals surface area contributed by atoms with Crippen molar-refractivity contribution < 1.29 is 0 Å². The maximum Gasteiger partial charge on any atom is 0.225 e. The fraction of sp³-hybridized carbons (Fsp3) is 0.667. The molecule has 1 saturated heterocycles. The summed E-state index contributed by atoms with van der Waals surface area (Å²) in [5.41, 5.74) is 1.03. The Morgan fingerprint density at radius 2 is 2.44 bits per heavy atom. The lowest BCUT2D eigenvalue weighted by Gasteiger charge is -2.18. The third kappa shape index (κ3) is 2.92. The largest absolute Gasteiger partial charge is 0.344 e. The smallest absolute Gasteiger partial charge is 0.225 e. The van der Waals surface area contributed by atoms with E-state index in [4.69, 9.17) is 0 Å². The van der Waals surface area contributed by atoms with Crippen LogP contribution in [0.2, 0.25) is 0 Å². The fourth-order valence-electron chi connectivity index (χ4n) is 2.06. The third-order valence-corrected chi connectivity index (χ3v) is 3.16. The highest BCUT2D eigenvalue weighted by molar-refractivity contribution is 5.28. The van der Waals surface area contributed by atoms with Crippen LogP contribution in [-0.2, 0) is 0 Å². The molecule has 1 aromatic rings. The highest BCUT2D eigenvalue weighted by Crippen LogP contribution is 2.14. The Morgan fingerprint density at radius 3 is 3.12 bits per heavy atom. The Kier molecular flexibility index (Phi) is 3.72. The van der Waals surface area contributed by atoms with Gasteiger partial charge in [-0.1, -0.05) is 0 Å². The van der Waals surface area contributed by atoms with E-state index in [0.717, 1.165) is 24.1 Å². The Balaban J connectivity index is 1.85. The lowest BCUT2D eigenvalue weighted by atomic mass is 10.1. The molecule has 1 aliphatic heterocycles. The fourth-order valence-corrected chi connectivity index (χ4v) is 2.06. The van der Waals surface area contributed by atoms with Crippen molar-refractivity contribution in [2.45, 2.75) is 19.8 Å². The number of hydrogen-bond donors (Lipinski definition) is 1. The summed E-state index contributed by atoms with van der Waals surface area (Å²) in [5, 5.41) is 3.40. The molecule has 4 nitrogen and oxygen atoms in total. The van der Waals surface area contributed by atoms with Gasteiger partial charge in [-0.3, -0.25) is 0 Å². The Morgan fingerprint density at radius 1 is 1.56 bits per heavy atom. The molecule has 0 amide bonds. The molecule has 0 saturated carbocycles. The molecule has 1 fully saturated rings. The van der Waals surface area contributed by atoms with E-state index in [-0.39, 0.29) is 0 Å². The quantitative estimate of drug-likeness (QED) is 0.828. The molecular formula is C12H20N4. The van der Waals surface area contributed by atoms with Crippen LogP contribution in [0.15, 0.2) is 12.3 Å². The molecular weight excluding hydrogens is 200 g/mol. The molecule has 1 aliphatic rings. The number of hydrogen-bond acceptors (Lipinski definition) is 4. The van der Waals surface area contributed by atoms with Gasteiger partial charge >= 0.3 is 0 Å². The summed E-state index contributed by atoms with van der Waals surface area (Å²) in [6, 6.07) is 1.93. The van der Waals surface area contributed by atoms with Crippen LogP contribution in [0.3, 0.4) is 0 Å². The monoisotopic (exact) mass is 220 g/mol. The Bertz CT molecular complexity index is 334. The minimum Gasteiger partial charge on any atom is -0.344 e. The standard InChI is InChI=1S/C12H20N4/c1-10-3-7-14-12(15-10)16(2)8-5-11-4-6-13-9-11/h3,7,11,13H,4-6,8-9H2,1-2H3. The first-order chi connectivity index (χ1) is 7.75. The highest BCUT2D eigenvalue weighted by Gasteiger charge is 2.15. The topological polar surface area (TPSA) is 41.1 Å². The molecule has 1 unspecified atom stereocenters. The molecule has 2 rings (SSSR count). The first kappa shape index (κ1) is 11.3. The van der Waals surface area contributed by atoms with E-state index in [1.165, 1.54) is 25.9 Å². The Hall–Kier alpha value is -1.16. The zero-order valence-corrected chi connectivity index (χ0v) is 10.1. The summed E-state index contributed by atoms with van der Waals surface area (Å²) in [7, 11) is 2.07. The summed E-state index contributed by atoms with van der Waals surface area (Å²) in [4.78, 5) is 10.8. The van der Waals surface area contributed by atoms with Crippen LogP contribution in [0, 0.1) is 12.8 Å². The molecule has 0 radical (unpaired) electrons. The molecule has 2 heterocycles. The van der Waals surface area contributed by atoms with Crippen molar-refractivity contribution in [1.29, 1.82) is 0 Å². The van der Waals surface area contributed by atoms with E-state index in [0.29, 0.717) is 0 Å². The minimum absolute atomic E-state index is 0.826. The zero-order chi connectivity index (χ0) is 11.4. The average Bonchev–Trinajstić information content (AvgIpc) is 2.78. The van der Waals surface area contributed by atoms with E-state index in [9.17, 15) is 0 Å². The first-order valence-corrected chi connectivity index (χ1v) is 5.97. The number of rotatable bonds is 4. The number of anilines is 1. The summed E-state index contributed by atoms with van der Waals surface area (Å²) >= 11 is 0. The van der Waals surface area contributed by atoms with Crippen LogP contribution in [-0.4, -0.2) is 36.6 Å². The van der Waals surface area contributed by atoms with E-state index < -0.39 is 0 Å². The normalized spacial score (nSPS) is 20.0. The molecule has 1 N–H and O–H groups in total. The number of aromatic nitrogens is 2. The van der Waals surface area contributed by atoms with Gasteiger partial charge in [-0.05, 0) is 44.8 Å². The summed E-state index contributed by atoms with van der Waals surface area (Å²) in [5.74, 6) is 1.67. The van der Waals surface area contributed by atoms with Crippen LogP contribution in [0.25, 0.3) is 0 Å². The molecule has 16 heavy (non-hydrogen) atoms. The van der Waals surface area contributed by atoms with Crippen molar-refractivity contribution in [2.24, 2.45) is 5.92 Å². The van der Waals surface area contributed by atoms with Crippen molar-refractivity contribution >= 4 is 5.95 Å². The SMILES string of the molecule is Cc1ccnc(N(C)CCC2CCNC2)n1. The van der Waals surface area contributed by atoms with Gasteiger partial charge in [0.2, 0.25) is 5.95 Å². The number of nitrogens with one attached hydrogen (secondary N) is 1. The highest BCUT2D eigenvalue weighted by atomic mass is 15.2. The van der Waals surface area contributed by atoms with E-state index >= 15 is 0 Å². The summed E-state index contributed by atoms with van der Waals surface area (Å²) < 4.78 is 0. The molecule has 4 heteroatoms. The lowest BCUT2D eigenvalue weighted by molar-refractivity contribution is 0.531. The van der Waals surface area contributed by atoms with Gasteiger partial charge in [0, 0.05) is 25.5 Å². The van der Waals surface area contributed by atoms with Gasteiger partial charge in [-0.2, -0.15) is 0 Å². The van der Waals surface area contributed by atoms with Crippen molar-refractivity contribution in [1.82, 2.24) is 15.3 Å².